The van der Waals surface area contributed by atoms with Gasteiger partial charge >= 0.3 is 5.97 Å². The van der Waals surface area contributed by atoms with Crippen molar-refractivity contribution in [1.82, 2.24) is 4.90 Å². The van der Waals surface area contributed by atoms with E-state index in [-0.39, 0.29) is 0 Å². The van der Waals surface area contributed by atoms with E-state index in [1.54, 1.807) is 24.3 Å². The van der Waals surface area contributed by atoms with E-state index >= 15 is 0 Å². The van der Waals surface area contributed by atoms with Gasteiger partial charge in [-0.3, -0.25) is 4.90 Å². The quantitative estimate of drug-likeness (QED) is 0.800. The predicted molar refractivity (Wildman–Crippen MR) is 68.0 cm³/mol. The largest absolute Gasteiger partial charge is 0.462 e. The van der Waals surface area contributed by atoms with E-state index in [1.807, 2.05) is 6.07 Å². The summed E-state index contributed by atoms with van der Waals surface area (Å²) in [5.41, 5.74) is 0.573. The van der Waals surface area contributed by atoms with Crippen molar-refractivity contribution in [1.29, 1.82) is 0 Å². The molecule has 1 heterocycles. The van der Waals surface area contributed by atoms with Crippen LogP contribution in [0.15, 0.2) is 30.3 Å². The van der Waals surface area contributed by atoms with Gasteiger partial charge in [-0.05, 0) is 31.5 Å². The van der Waals surface area contributed by atoms with Crippen LogP contribution in [0.25, 0.3) is 0 Å². The molecule has 0 amide bonds. The molecule has 1 aliphatic rings. The summed E-state index contributed by atoms with van der Waals surface area (Å²) in [4.78, 5) is 13.9. The molecule has 4 nitrogen and oxygen atoms in total. The van der Waals surface area contributed by atoms with Gasteiger partial charge in [0.25, 0.3) is 0 Å². The summed E-state index contributed by atoms with van der Waals surface area (Å²) in [6, 6.07) is 8.85. The van der Waals surface area contributed by atoms with Crippen LogP contribution < -0.4 is 0 Å². The van der Waals surface area contributed by atoms with Crippen molar-refractivity contribution in [2.24, 2.45) is 0 Å². The number of rotatable bonds is 5. The fourth-order valence-corrected chi connectivity index (χ4v) is 2.13. The van der Waals surface area contributed by atoms with Crippen LogP contribution in [0, 0.1) is 0 Å². The summed E-state index contributed by atoms with van der Waals surface area (Å²) in [5, 5.41) is 9.79. The van der Waals surface area contributed by atoms with Crippen LogP contribution in [0.3, 0.4) is 0 Å². The Morgan fingerprint density at radius 2 is 1.94 bits per heavy atom. The monoisotopic (exact) mass is 249 g/mol. The highest BCUT2D eigenvalue weighted by molar-refractivity contribution is 5.76. The molecule has 4 heteroatoms. The summed E-state index contributed by atoms with van der Waals surface area (Å²) in [7, 11) is 0. The van der Waals surface area contributed by atoms with Gasteiger partial charge in [-0.1, -0.05) is 30.3 Å². The maximum absolute atomic E-state index is 11.6. The number of esters is 1. The first-order chi connectivity index (χ1) is 8.77. The van der Waals surface area contributed by atoms with Crippen LogP contribution in [0.1, 0.15) is 24.5 Å². The third kappa shape index (κ3) is 3.55. The number of likely N-dealkylation sites (tertiary alicyclic amines) is 1. The van der Waals surface area contributed by atoms with Gasteiger partial charge in [0, 0.05) is 6.54 Å². The number of aliphatic hydroxyl groups is 1. The molecule has 1 fully saturated rings. The molecule has 0 aromatic heterocycles. The molecule has 0 aliphatic carbocycles. The number of aliphatic hydroxyl groups excluding tert-OH is 1. The molecule has 18 heavy (non-hydrogen) atoms. The van der Waals surface area contributed by atoms with Crippen LogP contribution in [-0.2, 0) is 9.53 Å². The van der Waals surface area contributed by atoms with Crippen LogP contribution in [0.5, 0.6) is 0 Å². The average Bonchev–Trinajstić information content (AvgIpc) is 2.92. The zero-order chi connectivity index (χ0) is 12.8. The van der Waals surface area contributed by atoms with Crippen LogP contribution >= 0.6 is 0 Å². The number of nitrogens with zero attached hydrogens (tertiary/aromatic N) is 1. The van der Waals surface area contributed by atoms with Gasteiger partial charge < -0.3 is 9.84 Å². The third-order valence-electron chi connectivity index (χ3n) is 3.19. The summed E-state index contributed by atoms with van der Waals surface area (Å²) in [5.74, 6) is -0.569. The number of ether oxygens (including phenoxy) is 1. The summed E-state index contributed by atoms with van der Waals surface area (Å²) >= 11 is 0. The smallest absolute Gasteiger partial charge is 0.339 e. The Morgan fingerprint density at radius 1 is 1.28 bits per heavy atom. The summed E-state index contributed by atoms with van der Waals surface area (Å²) < 4.78 is 5.09. The number of carbonyl (C=O) groups is 1. The fourth-order valence-electron chi connectivity index (χ4n) is 2.13. The highest BCUT2D eigenvalue weighted by Crippen LogP contribution is 2.13. The molecule has 0 spiro atoms. The highest BCUT2D eigenvalue weighted by atomic mass is 16.5. The number of hydrogen-bond donors (Lipinski definition) is 1. The van der Waals surface area contributed by atoms with Crippen molar-refractivity contribution in [3.63, 3.8) is 0 Å². The molecule has 0 unspecified atom stereocenters. The van der Waals surface area contributed by atoms with Crippen LogP contribution in [0.4, 0.5) is 0 Å². The van der Waals surface area contributed by atoms with E-state index in [0.29, 0.717) is 12.2 Å². The standard InChI is InChI=1S/C14H19NO3/c16-13(12-6-2-1-3-7-12)14(17)18-11-10-15-8-4-5-9-15/h1-3,6-7,13,16H,4-5,8-11H2/t13-/m0/s1. The minimum atomic E-state index is -1.18. The molecule has 0 radical (unpaired) electrons. The van der Waals surface area contributed by atoms with Gasteiger partial charge in [-0.25, -0.2) is 4.79 Å². The zero-order valence-electron chi connectivity index (χ0n) is 10.4. The molecule has 2 rings (SSSR count). The molecular formula is C14H19NO3. The minimum Gasteiger partial charge on any atom is -0.462 e. The lowest BCUT2D eigenvalue weighted by Crippen LogP contribution is -2.26. The highest BCUT2D eigenvalue weighted by Gasteiger charge is 2.19. The lowest BCUT2D eigenvalue weighted by molar-refractivity contribution is -0.154. The molecule has 1 aliphatic heterocycles. The van der Waals surface area contributed by atoms with Crippen LogP contribution in [0.2, 0.25) is 0 Å². The topological polar surface area (TPSA) is 49.8 Å². The number of hydrogen-bond acceptors (Lipinski definition) is 4. The van der Waals surface area contributed by atoms with Gasteiger partial charge in [-0.2, -0.15) is 0 Å². The van der Waals surface area contributed by atoms with E-state index in [1.165, 1.54) is 12.8 Å². The second-order valence-corrected chi connectivity index (χ2v) is 4.53. The number of benzene rings is 1. The Balaban J connectivity index is 1.74. The second kappa shape index (κ2) is 6.52. The van der Waals surface area contributed by atoms with E-state index in [2.05, 4.69) is 4.90 Å². The molecular weight excluding hydrogens is 230 g/mol. The van der Waals surface area contributed by atoms with Crippen molar-refractivity contribution in [3.05, 3.63) is 35.9 Å². The van der Waals surface area contributed by atoms with Crippen molar-refractivity contribution in [3.8, 4) is 0 Å². The van der Waals surface area contributed by atoms with Crippen molar-refractivity contribution in [2.45, 2.75) is 18.9 Å². The van der Waals surface area contributed by atoms with Gasteiger partial charge in [0.1, 0.15) is 6.61 Å². The Bertz CT molecular complexity index is 374. The van der Waals surface area contributed by atoms with Gasteiger partial charge in [0.15, 0.2) is 6.10 Å². The molecule has 1 N–H and O–H groups in total. The van der Waals surface area contributed by atoms with Crippen molar-refractivity contribution >= 4 is 5.97 Å². The van der Waals surface area contributed by atoms with Crippen molar-refractivity contribution < 1.29 is 14.6 Å². The van der Waals surface area contributed by atoms with Gasteiger partial charge in [-0.15, -0.1) is 0 Å². The second-order valence-electron chi connectivity index (χ2n) is 4.53. The fraction of sp³-hybridized carbons (Fsp3) is 0.500. The maximum atomic E-state index is 11.6. The van der Waals surface area contributed by atoms with Crippen molar-refractivity contribution in [2.75, 3.05) is 26.2 Å². The SMILES string of the molecule is O=C(OCCN1CCCC1)[C@@H](O)c1ccccc1. The molecule has 1 saturated heterocycles. The Kier molecular flexibility index (Phi) is 4.73. The minimum absolute atomic E-state index is 0.350. The molecule has 0 saturated carbocycles. The Hall–Kier alpha value is -1.39. The average molecular weight is 249 g/mol. The predicted octanol–water partition coefficient (Wildman–Crippen LogP) is 1.36. The maximum Gasteiger partial charge on any atom is 0.339 e. The summed E-state index contributed by atoms with van der Waals surface area (Å²) in [6.07, 6.45) is 1.27. The van der Waals surface area contributed by atoms with Crippen LogP contribution in [-0.4, -0.2) is 42.2 Å². The number of carbonyl (C=O) groups excluding carboxylic acids is 1. The van der Waals surface area contributed by atoms with E-state index in [0.717, 1.165) is 19.6 Å². The Morgan fingerprint density at radius 3 is 2.61 bits per heavy atom. The first kappa shape index (κ1) is 13.1. The van der Waals surface area contributed by atoms with E-state index in [9.17, 15) is 9.90 Å². The molecule has 1 aromatic rings. The third-order valence-corrected chi connectivity index (χ3v) is 3.19. The zero-order valence-corrected chi connectivity index (χ0v) is 10.4. The summed E-state index contributed by atoms with van der Waals surface area (Å²) in [6.45, 7) is 3.27. The van der Waals surface area contributed by atoms with Gasteiger partial charge in [0.05, 0.1) is 0 Å². The molecule has 1 atom stereocenters. The normalized spacial score (nSPS) is 17.6. The Labute approximate surface area is 107 Å². The van der Waals surface area contributed by atoms with Gasteiger partial charge in [0.2, 0.25) is 0 Å². The van der Waals surface area contributed by atoms with E-state index in [4.69, 9.17) is 4.74 Å². The molecule has 98 valence electrons. The first-order valence-corrected chi connectivity index (χ1v) is 6.39. The van der Waals surface area contributed by atoms with E-state index < -0.39 is 12.1 Å². The lowest BCUT2D eigenvalue weighted by Gasteiger charge is -2.15. The first-order valence-electron chi connectivity index (χ1n) is 6.39. The molecule has 1 aromatic carbocycles. The molecule has 0 bridgehead atoms. The lowest BCUT2D eigenvalue weighted by atomic mass is 10.1.